The van der Waals surface area contributed by atoms with E-state index in [-0.39, 0.29) is 5.69 Å². The number of aromatic nitrogens is 5. The molecule has 0 aliphatic heterocycles. The molecule has 9 heteroatoms. The Kier molecular flexibility index (Phi) is 3.98. The number of ether oxygens (including phenoxy) is 1. The summed E-state index contributed by atoms with van der Waals surface area (Å²) in [6.45, 7) is 0.452. The van der Waals surface area contributed by atoms with Crippen molar-refractivity contribution in [3.8, 4) is 17.0 Å². The lowest BCUT2D eigenvalue weighted by Crippen LogP contribution is -2.12. The van der Waals surface area contributed by atoms with Gasteiger partial charge in [-0.25, -0.2) is 0 Å². The van der Waals surface area contributed by atoms with Gasteiger partial charge in [0.05, 0.1) is 24.9 Å². The first-order valence-electron chi connectivity index (χ1n) is 6.64. The summed E-state index contributed by atoms with van der Waals surface area (Å²) in [5.41, 5.74) is 7.32. The zero-order valence-corrected chi connectivity index (χ0v) is 12.9. The second-order valence-corrected chi connectivity index (χ2v) is 5.20. The van der Waals surface area contributed by atoms with Crippen LogP contribution in [0.15, 0.2) is 30.6 Å². The molecular formula is C14H13ClN6O2. The summed E-state index contributed by atoms with van der Waals surface area (Å²) in [6, 6.07) is 5.41. The third-order valence-corrected chi connectivity index (χ3v) is 3.46. The Hall–Kier alpha value is -2.87. The van der Waals surface area contributed by atoms with Gasteiger partial charge >= 0.3 is 0 Å². The van der Waals surface area contributed by atoms with Crippen LogP contribution in [0, 0.1) is 0 Å². The molecule has 0 radical (unpaired) electrons. The van der Waals surface area contributed by atoms with Crippen LogP contribution in [-0.4, -0.2) is 38.2 Å². The fraction of sp³-hybridized carbons (Fsp3) is 0.143. The number of rotatable bonds is 5. The molecule has 3 N–H and O–H groups in total. The van der Waals surface area contributed by atoms with E-state index in [0.717, 1.165) is 5.56 Å². The minimum atomic E-state index is -0.648. The third kappa shape index (κ3) is 3.02. The van der Waals surface area contributed by atoms with Crippen molar-refractivity contribution >= 4 is 17.5 Å². The molecule has 2 heterocycles. The topological polar surface area (TPSA) is 112 Å². The van der Waals surface area contributed by atoms with Gasteiger partial charge in [-0.15, -0.1) is 0 Å². The number of primary amides is 1. The number of methoxy groups -OCH3 is 1. The van der Waals surface area contributed by atoms with E-state index < -0.39 is 5.91 Å². The molecule has 0 unspecified atom stereocenters. The van der Waals surface area contributed by atoms with Crippen LogP contribution in [0.3, 0.4) is 0 Å². The van der Waals surface area contributed by atoms with Gasteiger partial charge in [0.2, 0.25) is 0 Å². The molecule has 2 aromatic heterocycles. The number of halogens is 1. The average Bonchev–Trinajstić information content (AvgIpc) is 3.16. The summed E-state index contributed by atoms with van der Waals surface area (Å²) >= 11 is 5.88. The van der Waals surface area contributed by atoms with Crippen molar-refractivity contribution in [3.63, 3.8) is 0 Å². The number of nitrogens with two attached hydrogens (primary N) is 1. The Bertz CT molecular complexity index is 857. The number of hydrogen-bond acceptors (Lipinski definition) is 5. The molecule has 3 aromatic rings. The van der Waals surface area contributed by atoms with Gasteiger partial charge in [-0.2, -0.15) is 20.5 Å². The molecule has 0 bridgehead atoms. The first-order chi connectivity index (χ1) is 11.1. The van der Waals surface area contributed by atoms with Crippen LogP contribution >= 0.6 is 11.6 Å². The molecule has 23 heavy (non-hydrogen) atoms. The van der Waals surface area contributed by atoms with Crippen molar-refractivity contribution < 1.29 is 9.53 Å². The number of benzene rings is 1. The molecule has 0 fully saturated rings. The molecule has 0 atom stereocenters. The molecule has 0 aliphatic rings. The average molecular weight is 333 g/mol. The van der Waals surface area contributed by atoms with Gasteiger partial charge in [-0.3, -0.25) is 9.48 Å². The zero-order chi connectivity index (χ0) is 16.4. The first kappa shape index (κ1) is 15.0. The predicted octanol–water partition coefficient (Wildman–Crippen LogP) is 1.48. The third-order valence-electron chi connectivity index (χ3n) is 3.27. The Morgan fingerprint density at radius 1 is 1.43 bits per heavy atom. The largest absolute Gasteiger partial charge is 0.496 e. The van der Waals surface area contributed by atoms with Crippen LogP contribution in [0.2, 0.25) is 5.02 Å². The predicted molar refractivity (Wildman–Crippen MR) is 83.2 cm³/mol. The van der Waals surface area contributed by atoms with Crippen molar-refractivity contribution in [1.82, 2.24) is 25.2 Å². The number of H-pyrrole nitrogens is 1. The number of carbonyl (C=O) groups is 1. The van der Waals surface area contributed by atoms with E-state index in [0.29, 0.717) is 28.6 Å². The minimum absolute atomic E-state index is 0.0863. The van der Waals surface area contributed by atoms with Crippen molar-refractivity contribution in [2.24, 2.45) is 5.73 Å². The monoisotopic (exact) mass is 332 g/mol. The number of hydrogen-bond donors (Lipinski definition) is 2. The molecule has 0 aliphatic carbocycles. The molecular weight excluding hydrogens is 320 g/mol. The number of nitrogens with zero attached hydrogens (tertiary/aromatic N) is 4. The molecule has 1 aromatic carbocycles. The highest BCUT2D eigenvalue weighted by molar-refractivity contribution is 6.30. The number of aromatic amines is 1. The van der Waals surface area contributed by atoms with E-state index in [1.807, 2.05) is 6.07 Å². The lowest BCUT2D eigenvalue weighted by molar-refractivity contribution is 0.0996. The minimum Gasteiger partial charge on any atom is -0.496 e. The van der Waals surface area contributed by atoms with Crippen LogP contribution in [0.1, 0.15) is 16.1 Å². The van der Waals surface area contributed by atoms with Crippen LogP contribution in [0.5, 0.6) is 5.75 Å². The summed E-state index contributed by atoms with van der Waals surface area (Å²) in [6.07, 6.45) is 3.26. The quantitative estimate of drug-likeness (QED) is 0.735. The van der Waals surface area contributed by atoms with Crippen LogP contribution in [0.4, 0.5) is 0 Å². The van der Waals surface area contributed by atoms with Crippen LogP contribution in [-0.2, 0) is 6.54 Å². The van der Waals surface area contributed by atoms with E-state index in [9.17, 15) is 4.79 Å². The normalized spacial score (nSPS) is 10.7. The van der Waals surface area contributed by atoms with Gasteiger partial charge < -0.3 is 10.5 Å². The number of nitrogens with one attached hydrogen (secondary N) is 1. The molecule has 1 amide bonds. The first-order valence-corrected chi connectivity index (χ1v) is 7.02. The van der Waals surface area contributed by atoms with E-state index in [2.05, 4.69) is 20.5 Å². The van der Waals surface area contributed by atoms with E-state index in [1.54, 1.807) is 36.3 Å². The van der Waals surface area contributed by atoms with Gasteiger partial charge in [0.25, 0.3) is 5.91 Å². The fourth-order valence-corrected chi connectivity index (χ4v) is 2.41. The fourth-order valence-electron chi connectivity index (χ4n) is 2.25. The molecule has 0 saturated heterocycles. The molecule has 118 valence electrons. The van der Waals surface area contributed by atoms with E-state index in [4.69, 9.17) is 22.1 Å². The smallest absolute Gasteiger partial charge is 0.271 e. The second-order valence-electron chi connectivity index (χ2n) is 4.77. The highest BCUT2D eigenvalue weighted by atomic mass is 35.5. The summed E-state index contributed by atoms with van der Waals surface area (Å²) < 4.78 is 7.05. The molecule has 0 spiro atoms. The lowest BCUT2D eigenvalue weighted by atomic mass is 10.1. The standard InChI is InChI=1S/C14H13ClN6O2/c1-23-11-3-2-8(12-13(14(16)22)19-20-18-12)4-9(11)6-21-7-10(15)5-17-21/h2-5,7H,6H2,1H3,(H2,16,22)(H,18,19,20). The van der Waals surface area contributed by atoms with Gasteiger partial charge in [-0.05, 0) is 18.2 Å². The maximum atomic E-state index is 11.4. The van der Waals surface area contributed by atoms with Gasteiger partial charge in [0, 0.05) is 17.3 Å². The van der Waals surface area contributed by atoms with Crippen LogP contribution < -0.4 is 10.5 Å². The number of amides is 1. The van der Waals surface area contributed by atoms with E-state index in [1.165, 1.54) is 0 Å². The van der Waals surface area contributed by atoms with Crippen molar-refractivity contribution in [3.05, 3.63) is 46.9 Å². The summed E-state index contributed by atoms with van der Waals surface area (Å²) in [4.78, 5) is 11.4. The SMILES string of the molecule is COc1ccc(-c2n[nH]nc2C(N)=O)cc1Cn1cc(Cl)cn1. The Balaban J connectivity index is 2.01. The summed E-state index contributed by atoms with van der Waals surface area (Å²) in [5.74, 6) is 0.0365. The zero-order valence-electron chi connectivity index (χ0n) is 12.2. The Morgan fingerprint density at radius 2 is 2.26 bits per heavy atom. The summed E-state index contributed by atoms with van der Waals surface area (Å²) in [7, 11) is 1.58. The van der Waals surface area contributed by atoms with Crippen molar-refractivity contribution in [2.45, 2.75) is 6.54 Å². The van der Waals surface area contributed by atoms with Gasteiger partial charge in [0.1, 0.15) is 11.4 Å². The summed E-state index contributed by atoms with van der Waals surface area (Å²) in [5, 5.41) is 14.9. The number of carbonyl (C=O) groups excluding carboxylic acids is 1. The van der Waals surface area contributed by atoms with Crippen molar-refractivity contribution in [2.75, 3.05) is 7.11 Å². The highest BCUT2D eigenvalue weighted by Crippen LogP contribution is 2.27. The van der Waals surface area contributed by atoms with Crippen LogP contribution in [0.25, 0.3) is 11.3 Å². The Labute approximate surface area is 136 Å². The molecule has 0 saturated carbocycles. The molecule has 8 nitrogen and oxygen atoms in total. The van der Waals surface area contributed by atoms with Crippen molar-refractivity contribution in [1.29, 1.82) is 0 Å². The van der Waals surface area contributed by atoms with Gasteiger partial charge in [0.15, 0.2) is 5.69 Å². The maximum Gasteiger partial charge on any atom is 0.271 e. The molecule has 3 rings (SSSR count). The second kappa shape index (κ2) is 6.09. The highest BCUT2D eigenvalue weighted by Gasteiger charge is 2.17. The maximum absolute atomic E-state index is 11.4. The van der Waals surface area contributed by atoms with E-state index >= 15 is 0 Å². The van der Waals surface area contributed by atoms with Gasteiger partial charge in [-0.1, -0.05) is 11.6 Å². The Morgan fingerprint density at radius 3 is 2.91 bits per heavy atom. The lowest BCUT2D eigenvalue weighted by Gasteiger charge is -2.10.